The van der Waals surface area contributed by atoms with Crippen LogP contribution in [0.25, 0.3) is 0 Å². The first-order valence-corrected chi connectivity index (χ1v) is 8.17. The largest absolute Gasteiger partial charge is 0.383 e. The van der Waals surface area contributed by atoms with Gasteiger partial charge in [-0.1, -0.05) is 49.7 Å². The smallest absolute Gasteiger partial charge is 0.113 e. The Labute approximate surface area is 131 Å². The van der Waals surface area contributed by atoms with Crippen molar-refractivity contribution in [2.45, 2.75) is 26.4 Å². The SMILES string of the molecule is CC(C)Cc1cccc(C(O)c2cc(Br)c(Cl)s2)c1. The van der Waals surface area contributed by atoms with Crippen molar-refractivity contribution in [3.63, 3.8) is 0 Å². The molecule has 0 fully saturated rings. The number of benzene rings is 1. The summed E-state index contributed by atoms with van der Waals surface area (Å²) in [6.07, 6.45) is 0.413. The molecule has 1 unspecified atom stereocenters. The quantitative estimate of drug-likeness (QED) is 0.770. The van der Waals surface area contributed by atoms with Gasteiger partial charge in [0.25, 0.3) is 0 Å². The normalized spacial score (nSPS) is 12.9. The zero-order valence-corrected chi connectivity index (χ0v) is 14.0. The number of aliphatic hydroxyl groups is 1. The molecule has 0 amide bonds. The fourth-order valence-corrected chi connectivity index (χ4v) is 3.77. The Morgan fingerprint density at radius 3 is 2.63 bits per heavy atom. The molecule has 102 valence electrons. The van der Waals surface area contributed by atoms with E-state index in [0.29, 0.717) is 10.3 Å². The van der Waals surface area contributed by atoms with Crippen molar-refractivity contribution in [3.8, 4) is 0 Å². The van der Waals surface area contributed by atoms with Gasteiger partial charge in [0.2, 0.25) is 0 Å². The first kappa shape index (κ1) is 15.0. The van der Waals surface area contributed by atoms with Crippen LogP contribution in [0.1, 0.15) is 36.0 Å². The van der Waals surface area contributed by atoms with Gasteiger partial charge in [0, 0.05) is 9.35 Å². The van der Waals surface area contributed by atoms with Gasteiger partial charge in [-0.25, -0.2) is 0 Å². The van der Waals surface area contributed by atoms with E-state index in [9.17, 15) is 5.11 Å². The van der Waals surface area contributed by atoms with Crippen LogP contribution in [-0.2, 0) is 6.42 Å². The molecule has 0 aliphatic heterocycles. The van der Waals surface area contributed by atoms with Crippen molar-refractivity contribution in [1.29, 1.82) is 0 Å². The van der Waals surface area contributed by atoms with Crippen LogP contribution in [-0.4, -0.2) is 5.11 Å². The first-order valence-electron chi connectivity index (χ1n) is 6.19. The van der Waals surface area contributed by atoms with Crippen molar-refractivity contribution in [3.05, 3.63) is 55.1 Å². The van der Waals surface area contributed by atoms with E-state index in [2.05, 4.69) is 41.9 Å². The van der Waals surface area contributed by atoms with Crippen molar-refractivity contribution in [2.75, 3.05) is 0 Å². The van der Waals surface area contributed by atoms with E-state index in [4.69, 9.17) is 11.6 Å². The van der Waals surface area contributed by atoms with Gasteiger partial charge >= 0.3 is 0 Å². The summed E-state index contributed by atoms with van der Waals surface area (Å²) >= 11 is 10.8. The van der Waals surface area contributed by atoms with Crippen LogP contribution in [0.3, 0.4) is 0 Å². The highest BCUT2D eigenvalue weighted by molar-refractivity contribution is 9.10. The van der Waals surface area contributed by atoms with Gasteiger partial charge in [-0.05, 0) is 45.5 Å². The van der Waals surface area contributed by atoms with Crippen LogP contribution in [0.15, 0.2) is 34.8 Å². The molecule has 0 saturated carbocycles. The summed E-state index contributed by atoms with van der Waals surface area (Å²) in [7, 11) is 0. The molecule has 0 saturated heterocycles. The molecule has 19 heavy (non-hydrogen) atoms. The number of hydrogen-bond acceptors (Lipinski definition) is 2. The summed E-state index contributed by atoms with van der Waals surface area (Å²) in [5.74, 6) is 0.609. The summed E-state index contributed by atoms with van der Waals surface area (Å²) in [4.78, 5) is 0.860. The van der Waals surface area contributed by atoms with Gasteiger partial charge in [-0.3, -0.25) is 0 Å². The predicted octanol–water partition coefficient (Wildman–Crippen LogP) is 5.44. The molecule has 0 spiro atoms. The second-order valence-electron chi connectivity index (χ2n) is 5.02. The van der Waals surface area contributed by atoms with Gasteiger partial charge in [0.05, 0.1) is 0 Å². The second-order valence-corrected chi connectivity index (χ2v) is 7.56. The Morgan fingerprint density at radius 2 is 2.05 bits per heavy atom. The predicted molar refractivity (Wildman–Crippen MR) is 86.1 cm³/mol. The summed E-state index contributed by atoms with van der Waals surface area (Å²) in [5, 5.41) is 10.4. The standard InChI is InChI=1S/C15H16BrClOS/c1-9(2)6-10-4-3-5-11(7-10)14(18)13-8-12(16)15(17)19-13/h3-5,7-9,14,18H,6H2,1-2H3. The molecular formula is C15H16BrClOS. The molecule has 2 rings (SSSR count). The lowest BCUT2D eigenvalue weighted by Gasteiger charge is -2.11. The van der Waals surface area contributed by atoms with Gasteiger partial charge < -0.3 is 5.11 Å². The minimum atomic E-state index is -0.610. The lowest BCUT2D eigenvalue weighted by molar-refractivity contribution is 0.224. The van der Waals surface area contributed by atoms with Crippen LogP contribution in [0.4, 0.5) is 0 Å². The van der Waals surface area contributed by atoms with Gasteiger partial charge in [-0.2, -0.15) is 0 Å². The fourth-order valence-electron chi connectivity index (χ4n) is 2.02. The van der Waals surface area contributed by atoms with Crippen molar-refractivity contribution >= 4 is 38.9 Å². The average Bonchev–Trinajstić information content (AvgIpc) is 2.68. The molecule has 2 aromatic rings. The summed E-state index contributed by atoms with van der Waals surface area (Å²) in [6, 6.07) is 10.0. The van der Waals surface area contributed by atoms with E-state index >= 15 is 0 Å². The van der Waals surface area contributed by atoms with Gasteiger partial charge in [-0.15, -0.1) is 11.3 Å². The second kappa shape index (κ2) is 6.40. The number of thiophene rings is 1. The molecule has 1 N–H and O–H groups in total. The maximum absolute atomic E-state index is 10.4. The summed E-state index contributed by atoms with van der Waals surface area (Å²) in [5.41, 5.74) is 2.18. The molecule has 1 heterocycles. The highest BCUT2D eigenvalue weighted by atomic mass is 79.9. The summed E-state index contributed by atoms with van der Waals surface area (Å²) < 4.78 is 1.51. The topological polar surface area (TPSA) is 20.2 Å². The highest BCUT2D eigenvalue weighted by Gasteiger charge is 2.15. The van der Waals surface area contributed by atoms with Crippen LogP contribution in [0.5, 0.6) is 0 Å². The van der Waals surface area contributed by atoms with Crippen LogP contribution < -0.4 is 0 Å². The number of hydrogen-bond donors (Lipinski definition) is 1. The van der Waals surface area contributed by atoms with Crippen LogP contribution >= 0.6 is 38.9 Å². The van der Waals surface area contributed by atoms with Crippen molar-refractivity contribution in [1.82, 2.24) is 0 Å². The Hall–Kier alpha value is -0.350. The Balaban J connectivity index is 2.25. The third-order valence-electron chi connectivity index (χ3n) is 2.84. The molecule has 0 aliphatic carbocycles. The Morgan fingerprint density at radius 1 is 1.32 bits per heavy atom. The Kier molecular flexibility index (Phi) is 5.07. The molecule has 4 heteroatoms. The zero-order chi connectivity index (χ0) is 14.0. The molecule has 0 radical (unpaired) electrons. The molecule has 0 aliphatic rings. The number of aliphatic hydroxyl groups excluding tert-OH is 1. The number of rotatable bonds is 4. The van der Waals surface area contributed by atoms with E-state index < -0.39 is 6.10 Å². The Bertz CT molecular complexity index is 546. The highest BCUT2D eigenvalue weighted by Crippen LogP contribution is 2.37. The molecule has 1 atom stereocenters. The molecule has 0 bridgehead atoms. The van der Waals surface area contributed by atoms with E-state index in [-0.39, 0.29) is 0 Å². The van der Waals surface area contributed by atoms with Gasteiger partial charge in [0.1, 0.15) is 10.4 Å². The van der Waals surface area contributed by atoms with Crippen molar-refractivity contribution in [2.24, 2.45) is 5.92 Å². The van der Waals surface area contributed by atoms with Crippen LogP contribution in [0, 0.1) is 5.92 Å². The van der Waals surface area contributed by atoms with E-state index in [0.717, 1.165) is 21.3 Å². The third-order valence-corrected chi connectivity index (χ3v) is 5.37. The minimum Gasteiger partial charge on any atom is -0.383 e. The average molecular weight is 360 g/mol. The van der Waals surface area contributed by atoms with E-state index in [1.54, 1.807) is 0 Å². The fraction of sp³-hybridized carbons (Fsp3) is 0.333. The van der Waals surface area contributed by atoms with E-state index in [1.807, 2.05) is 18.2 Å². The maximum Gasteiger partial charge on any atom is 0.113 e. The van der Waals surface area contributed by atoms with Gasteiger partial charge in [0.15, 0.2) is 0 Å². The molecule has 1 aromatic carbocycles. The summed E-state index contributed by atoms with van der Waals surface area (Å²) in [6.45, 7) is 4.39. The monoisotopic (exact) mass is 358 g/mol. The lowest BCUT2D eigenvalue weighted by atomic mass is 9.99. The molecule has 1 aromatic heterocycles. The molecular weight excluding hydrogens is 344 g/mol. The van der Waals surface area contributed by atoms with Crippen molar-refractivity contribution < 1.29 is 5.11 Å². The first-order chi connectivity index (χ1) is 8.97. The maximum atomic E-state index is 10.4. The van der Waals surface area contributed by atoms with Crippen LogP contribution in [0.2, 0.25) is 4.34 Å². The van der Waals surface area contributed by atoms with E-state index in [1.165, 1.54) is 16.9 Å². The lowest BCUT2D eigenvalue weighted by Crippen LogP contribution is -2.00. The molecule has 1 nitrogen and oxygen atoms in total. The third kappa shape index (κ3) is 3.82. The number of halogens is 2. The zero-order valence-electron chi connectivity index (χ0n) is 10.9. The minimum absolute atomic E-state index is 0.609.